The first-order valence-corrected chi connectivity index (χ1v) is 8.55. The second-order valence-electron chi connectivity index (χ2n) is 4.63. The summed E-state index contributed by atoms with van der Waals surface area (Å²) in [6, 6.07) is 2.31. The lowest BCUT2D eigenvalue weighted by Crippen LogP contribution is -2.17. The van der Waals surface area contributed by atoms with Gasteiger partial charge >= 0.3 is 6.18 Å². The fourth-order valence-electron chi connectivity index (χ4n) is 1.88. The SMILES string of the molecule is Cn1nc(C(F)(F)F)c(Br)c1C(=O)Nc1c(Br)cc([N+](=O)[O-])cc1Br. The molecule has 1 amide bonds. The van der Waals surface area contributed by atoms with Crippen molar-refractivity contribution in [3.05, 3.63) is 47.1 Å². The van der Waals surface area contributed by atoms with Crippen LogP contribution in [-0.4, -0.2) is 20.6 Å². The molecule has 134 valence electrons. The minimum atomic E-state index is -4.73. The van der Waals surface area contributed by atoms with E-state index < -0.39 is 27.2 Å². The van der Waals surface area contributed by atoms with Crippen molar-refractivity contribution in [1.82, 2.24) is 9.78 Å². The van der Waals surface area contributed by atoms with E-state index in [0.717, 1.165) is 16.8 Å². The van der Waals surface area contributed by atoms with Crippen molar-refractivity contribution in [2.75, 3.05) is 5.32 Å². The highest BCUT2D eigenvalue weighted by atomic mass is 79.9. The van der Waals surface area contributed by atoms with Crippen molar-refractivity contribution in [3.63, 3.8) is 0 Å². The van der Waals surface area contributed by atoms with E-state index in [-0.39, 0.29) is 26.0 Å². The van der Waals surface area contributed by atoms with Gasteiger partial charge in [-0.25, -0.2) is 0 Å². The molecule has 0 radical (unpaired) electrons. The number of anilines is 1. The van der Waals surface area contributed by atoms with Crippen molar-refractivity contribution >= 4 is 65.1 Å². The van der Waals surface area contributed by atoms with Crippen LogP contribution in [0.2, 0.25) is 0 Å². The average Bonchev–Trinajstić information content (AvgIpc) is 2.77. The number of nitro groups is 1. The molecule has 1 aromatic carbocycles. The van der Waals surface area contributed by atoms with E-state index in [1.165, 1.54) is 7.05 Å². The maximum absolute atomic E-state index is 12.9. The monoisotopic (exact) mass is 548 g/mol. The maximum atomic E-state index is 12.9. The van der Waals surface area contributed by atoms with Crippen molar-refractivity contribution in [2.45, 2.75) is 6.18 Å². The van der Waals surface area contributed by atoms with Crippen LogP contribution in [0.3, 0.4) is 0 Å². The van der Waals surface area contributed by atoms with Gasteiger partial charge in [-0.3, -0.25) is 19.6 Å². The standard InChI is InChI=1S/C12H6Br3F3N4O3/c1-21-9(7(15)10(20-21)12(16,17)18)11(23)19-8-5(13)2-4(22(24)25)3-6(8)14/h2-3H,1H3,(H,19,23). The molecular formula is C12H6Br3F3N4O3. The zero-order valence-electron chi connectivity index (χ0n) is 12.0. The predicted octanol–water partition coefficient (Wildman–Crippen LogP) is 4.89. The number of nitrogens with zero attached hydrogens (tertiary/aromatic N) is 3. The van der Waals surface area contributed by atoms with Gasteiger partial charge < -0.3 is 5.32 Å². The van der Waals surface area contributed by atoms with Gasteiger partial charge in [0, 0.05) is 28.1 Å². The highest BCUT2D eigenvalue weighted by Gasteiger charge is 2.39. The van der Waals surface area contributed by atoms with Crippen LogP contribution in [-0.2, 0) is 13.2 Å². The Hall–Kier alpha value is -1.47. The molecule has 0 aliphatic carbocycles. The quantitative estimate of drug-likeness (QED) is 0.435. The summed E-state index contributed by atoms with van der Waals surface area (Å²) in [5.41, 5.74) is -1.71. The lowest BCUT2D eigenvalue weighted by molar-refractivity contribution is -0.385. The number of nitro benzene ring substituents is 1. The van der Waals surface area contributed by atoms with E-state index >= 15 is 0 Å². The lowest BCUT2D eigenvalue weighted by Gasteiger charge is -2.10. The molecule has 1 N–H and O–H groups in total. The van der Waals surface area contributed by atoms with E-state index in [9.17, 15) is 28.1 Å². The molecule has 0 atom stereocenters. The Bertz CT molecular complexity index is 859. The molecule has 0 spiro atoms. The van der Waals surface area contributed by atoms with Gasteiger partial charge in [0.15, 0.2) is 5.69 Å². The van der Waals surface area contributed by atoms with Crippen LogP contribution < -0.4 is 5.32 Å². The number of nitrogens with one attached hydrogen (secondary N) is 1. The number of hydrogen-bond acceptors (Lipinski definition) is 4. The van der Waals surface area contributed by atoms with E-state index in [2.05, 4.69) is 58.2 Å². The topological polar surface area (TPSA) is 90.1 Å². The zero-order chi connectivity index (χ0) is 19.1. The molecule has 0 saturated heterocycles. The van der Waals surface area contributed by atoms with Gasteiger partial charge in [-0.15, -0.1) is 0 Å². The number of carbonyl (C=O) groups is 1. The second kappa shape index (κ2) is 7.03. The van der Waals surface area contributed by atoms with Gasteiger partial charge in [0.1, 0.15) is 5.69 Å². The molecule has 0 unspecified atom stereocenters. The number of benzene rings is 1. The number of rotatable bonds is 3. The molecule has 7 nitrogen and oxygen atoms in total. The summed E-state index contributed by atoms with van der Waals surface area (Å²) < 4.78 is 39.2. The smallest absolute Gasteiger partial charge is 0.319 e. The Morgan fingerprint density at radius 3 is 2.20 bits per heavy atom. The molecule has 0 aliphatic heterocycles. The summed E-state index contributed by atoms with van der Waals surface area (Å²) in [6.45, 7) is 0. The molecule has 2 aromatic rings. The highest BCUT2D eigenvalue weighted by Crippen LogP contribution is 2.38. The minimum Gasteiger partial charge on any atom is -0.319 e. The van der Waals surface area contributed by atoms with Crippen LogP contribution in [0, 0.1) is 10.1 Å². The van der Waals surface area contributed by atoms with E-state index in [4.69, 9.17) is 0 Å². The number of amides is 1. The highest BCUT2D eigenvalue weighted by molar-refractivity contribution is 9.11. The normalized spacial score (nSPS) is 11.5. The summed E-state index contributed by atoms with van der Waals surface area (Å²) in [5, 5.41) is 16.5. The number of hydrogen-bond donors (Lipinski definition) is 1. The first-order valence-electron chi connectivity index (χ1n) is 6.18. The predicted molar refractivity (Wildman–Crippen MR) is 92.4 cm³/mol. The van der Waals surface area contributed by atoms with Crippen LogP contribution in [0.5, 0.6) is 0 Å². The average molecular weight is 551 g/mol. The molecule has 13 heteroatoms. The van der Waals surface area contributed by atoms with Gasteiger partial charge in [-0.1, -0.05) is 0 Å². The van der Waals surface area contributed by atoms with E-state index in [1.54, 1.807) is 0 Å². The summed E-state index contributed by atoms with van der Waals surface area (Å²) in [6.07, 6.45) is -4.73. The summed E-state index contributed by atoms with van der Waals surface area (Å²) in [5.74, 6) is -0.882. The number of aryl methyl sites for hydroxylation is 1. The van der Waals surface area contributed by atoms with Crippen molar-refractivity contribution in [1.29, 1.82) is 0 Å². The Labute approximate surface area is 163 Å². The van der Waals surface area contributed by atoms with E-state index in [1.807, 2.05) is 0 Å². The number of alkyl halides is 3. The Kier molecular flexibility index (Phi) is 5.59. The Balaban J connectivity index is 2.42. The maximum Gasteiger partial charge on any atom is 0.436 e. The first-order chi connectivity index (χ1) is 11.4. The molecular weight excluding hydrogens is 545 g/mol. The van der Waals surface area contributed by atoms with Crippen molar-refractivity contribution < 1.29 is 22.9 Å². The zero-order valence-corrected chi connectivity index (χ0v) is 16.7. The number of non-ortho nitro benzene ring substituents is 1. The number of halogens is 6. The lowest BCUT2D eigenvalue weighted by atomic mass is 10.2. The van der Waals surface area contributed by atoms with Crippen LogP contribution in [0.4, 0.5) is 24.5 Å². The summed E-state index contributed by atoms with van der Waals surface area (Å²) >= 11 is 8.90. The third-order valence-electron chi connectivity index (χ3n) is 2.95. The van der Waals surface area contributed by atoms with Gasteiger partial charge in [-0.05, 0) is 47.8 Å². The minimum absolute atomic E-state index is 0.122. The van der Waals surface area contributed by atoms with Crippen molar-refractivity contribution in [2.24, 2.45) is 7.05 Å². The fourth-order valence-corrected chi connectivity index (χ4v) is 3.98. The molecule has 0 bridgehead atoms. The Morgan fingerprint density at radius 2 is 1.80 bits per heavy atom. The molecule has 0 fully saturated rings. The largest absolute Gasteiger partial charge is 0.436 e. The van der Waals surface area contributed by atoms with Crippen LogP contribution in [0.15, 0.2) is 25.6 Å². The second-order valence-corrected chi connectivity index (χ2v) is 7.13. The first kappa shape index (κ1) is 19.8. The Morgan fingerprint density at radius 1 is 1.28 bits per heavy atom. The summed E-state index contributed by atoms with van der Waals surface area (Å²) in [7, 11) is 1.19. The molecule has 0 saturated carbocycles. The molecule has 1 aromatic heterocycles. The third-order valence-corrected chi connectivity index (χ3v) is 4.95. The van der Waals surface area contributed by atoms with Gasteiger partial charge in [-0.2, -0.15) is 18.3 Å². The number of aromatic nitrogens is 2. The van der Waals surface area contributed by atoms with Gasteiger partial charge in [0.05, 0.1) is 15.1 Å². The molecule has 0 aliphatic rings. The van der Waals surface area contributed by atoms with Crippen LogP contribution >= 0.6 is 47.8 Å². The molecule has 1 heterocycles. The van der Waals surface area contributed by atoms with Crippen LogP contribution in [0.1, 0.15) is 16.2 Å². The molecule has 2 rings (SSSR count). The van der Waals surface area contributed by atoms with E-state index in [0.29, 0.717) is 0 Å². The van der Waals surface area contributed by atoms with Crippen molar-refractivity contribution in [3.8, 4) is 0 Å². The number of carbonyl (C=O) groups excluding carboxylic acids is 1. The third kappa shape index (κ3) is 4.03. The fraction of sp³-hybridized carbons (Fsp3) is 0.167. The van der Waals surface area contributed by atoms with Gasteiger partial charge in [0.25, 0.3) is 11.6 Å². The molecule has 25 heavy (non-hydrogen) atoms. The van der Waals surface area contributed by atoms with Crippen LogP contribution in [0.25, 0.3) is 0 Å². The summed E-state index contributed by atoms with van der Waals surface area (Å²) in [4.78, 5) is 22.5. The van der Waals surface area contributed by atoms with Gasteiger partial charge in [0.2, 0.25) is 0 Å².